The van der Waals surface area contributed by atoms with Crippen LogP contribution in [-0.4, -0.2) is 29.5 Å². The molecule has 2 amide bonds. The lowest BCUT2D eigenvalue weighted by Gasteiger charge is -2.11. The fourth-order valence-corrected chi connectivity index (χ4v) is 4.82. The summed E-state index contributed by atoms with van der Waals surface area (Å²) in [5, 5.41) is 8.21. The van der Waals surface area contributed by atoms with Gasteiger partial charge in [0, 0.05) is 28.8 Å². The highest BCUT2D eigenvalue weighted by atomic mass is 32.1. The van der Waals surface area contributed by atoms with E-state index in [2.05, 4.69) is 33.8 Å². The molecule has 2 N–H and O–H groups in total. The lowest BCUT2D eigenvalue weighted by molar-refractivity contribution is -0.124. The molecule has 0 saturated carbocycles. The maximum absolute atomic E-state index is 12.7. The van der Waals surface area contributed by atoms with Crippen molar-refractivity contribution in [3.8, 4) is 11.3 Å². The van der Waals surface area contributed by atoms with Crippen LogP contribution in [0.5, 0.6) is 0 Å². The van der Waals surface area contributed by atoms with Crippen LogP contribution in [0.1, 0.15) is 40.7 Å². The highest BCUT2D eigenvalue weighted by Crippen LogP contribution is 2.30. The summed E-state index contributed by atoms with van der Waals surface area (Å²) in [6, 6.07) is 13.4. The summed E-state index contributed by atoms with van der Waals surface area (Å²) in [5.41, 5.74) is 5.81. The van der Waals surface area contributed by atoms with E-state index in [-0.39, 0.29) is 11.8 Å². The first kappa shape index (κ1) is 19.9. The smallest absolute Gasteiger partial charge is 0.257 e. The maximum Gasteiger partial charge on any atom is 0.257 e. The molecule has 158 valence electrons. The van der Waals surface area contributed by atoms with Crippen LogP contribution in [-0.2, 0) is 22.4 Å². The first-order chi connectivity index (χ1) is 15.2. The van der Waals surface area contributed by atoms with Crippen molar-refractivity contribution in [1.82, 2.24) is 4.98 Å². The van der Waals surface area contributed by atoms with Crippen LogP contribution in [0, 0.1) is 0 Å². The van der Waals surface area contributed by atoms with Gasteiger partial charge in [0.1, 0.15) is 6.10 Å². The summed E-state index contributed by atoms with van der Waals surface area (Å²) in [4.78, 5) is 29.6. The van der Waals surface area contributed by atoms with Gasteiger partial charge in [-0.2, -0.15) is 0 Å². The predicted octanol–water partition coefficient (Wildman–Crippen LogP) is 4.67. The Balaban J connectivity index is 1.26. The van der Waals surface area contributed by atoms with Crippen LogP contribution in [0.4, 0.5) is 10.8 Å². The van der Waals surface area contributed by atoms with Crippen LogP contribution >= 0.6 is 11.3 Å². The highest BCUT2D eigenvalue weighted by Gasteiger charge is 2.23. The number of carbonyl (C=O) groups excluding carboxylic acids is 2. The van der Waals surface area contributed by atoms with Gasteiger partial charge in [-0.15, -0.1) is 11.3 Å². The molecule has 7 heteroatoms. The monoisotopic (exact) mass is 433 g/mol. The molecule has 2 aliphatic rings. The lowest BCUT2D eigenvalue weighted by Crippen LogP contribution is -2.27. The Kier molecular flexibility index (Phi) is 5.53. The summed E-state index contributed by atoms with van der Waals surface area (Å²) in [6.45, 7) is 0.613. The molecular formula is C24H23N3O3S. The van der Waals surface area contributed by atoms with Crippen molar-refractivity contribution < 1.29 is 14.3 Å². The molecule has 1 saturated heterocycles. The fourth-order valence-electron chi connectivity index (χ4n) is 4.11. The zero-order valence-corrected chi connectivity index (χ0v) is 17.8. The van der Waals surface area contributed by atoms with E-state index in [0.29, 0.717) is 23.0 Å². The van der Waals surface area contributed by atoms with Crippen LogP contribution in [0.3, 0.4) is 0 Å². The Hall–Kier alpha value is -3.03. The number of nitrogens with one attached hydrogen (secondary N) is 2. The van der Waals surface area contributed by atoms with Gasteiger partial charge in [0.05, 0.1) is 5.69 Å². The molecule has 5 rings (SSSR count). The third kappa shape index (κ3) is 4.38. The number of aryl methyl sites for hydroxylation is 2. The number of benzene rings is 2. The van der Waals surface area contributed by atoms with Gasteiger partial charge >= 0.3 is 0 Å². The molecule has 1 atom stereocenters. The Labute approximate surface area is 184 Å². The standard InChI is InChI=1S/C24H23N3O3S/c28-22(18-6-2-7-19(13-18)25-23(29)21-8-3-11-30-21)27-24-26-20(14-31-24)17-10-9-15-4-1-5-16(15)12-17/h2,6-7,9-10,12-14,21H,1,3-5,8,11H2,(H,25,29)(H,26,27,28)/t21-/m1/s1. The Morgan fingerprint density at radius 1 is 1.03 bits per heavy atom. The topological polar surface area (TPSA) is 80.3 Å². The molecule has 1 fully saturated rings. The number of fused-ring (bicyclic) bond motifs is 1. The molecule has 0 spiro atoms. The number of carbonyl (C=O) groups is 2. The molecule has 31 heavy (non-hydrogen) atoms. The molecule has 6 nitrogen and oxygen atoms in total. The number of hydrogen-bond donors (Lipinski definition) is 2. The number of amides is 2. The van der Waals surface area contributed by atoms with E-state index in [1.54, 1.807) is 24.3 Å². The Morgan fingerprint density at radius 3 is 2.81 bits per heavy atom. The molecule has 0 unspecified atom stereocenters. The molecule has 2 aromatic carbocycles. The molecule has 1 aromatic heterocycles. The SMILES string of the molecule is O=C(Nc1nc(-c2ccc3c(c2)CCC3)cs1)c1cccc(NC(=O)[C@H]2CCCO2)c1. The first-order valence-electron chi connectivity index (χ1n) is 10.6. The summed E-state index contributed by atoms with van der Waals surface area (Å²) in [6.07, 6.45) is 4.69. The Morgan fingerprint density at radius 2 is 1.94 bits per heavy atom. The van der Waals surface area contributed by atoms with Gasteiger partial charge in [-0.3, -0.25) is 14.9 Å². The van der Waals surface area contributed by atoms with Gasteiger partial charge in [-0.1, -0.05) is 18.2 Å². The first-order valence-corrected chi connectivity index (χ1v) is 11.5. The van der Waals surface area contributed by atoms with Crippen LogP contribution in [0.25, 0.3) is 11.3 Å². The summed E-state index contributed by atoms with van der Waals surface area (Å²) >= 11 is 1.40. The maximum atomic E-state index is 12.7. The van der Waals surface area contributed by atoms with E-state index < -0.39 is 6.10 Å². The van der Waals surface area contributed by atoms with Gasteiger partial charge < -0.3 is 10.1 Å². The number of thiazole rings is 1. The number of aromatic nitrogens is 1. The third-order valence-electron chi connectivity index (χ3n) is 5.73. The minimum Gasteiger partial charge on any atom is -0.368 e. The van der Waals surface area contributed by atoms with Crippen molar-refractivity contribution >= 4 is 34.0 Å². The lowest BCUT2D eigenvalue weighted by atomic mass is 10.1. The van der Waals surface area contributed by atoms with Crippen molar-refractivity contribution in [3.63, 3.8) is 0 Å². The average molecular weight is 434 g/mol. The third-order valence-corrected chi connectivity index (χ3v) is 6.49. The zero-order valence-electron chi connectivity index (χ0n) is 17.0. The molecule has 0 radical (unpaired) electrons. The van der Waals surface area contributed by atoms with Crippen molar-refractivity contribution in [2.24, 2.45) is 0 Å². The molecule has 2 heterocycles. The largest absolute Gasteiger partial charge is 0.368 e. The van der Waals surface area contributed by atoms with Crippen molar-refractivity contribution in [2.75, 3.05) is 17.2 Å². The zero-order chi connectivity index (χ0) is 21.2. The summed E-state index contributed by atoms with van der Waals surface area (Å²) in [5.74, 6) is -0.433. The van der Waals surface area contributed by atoms with Crippen molar-refractivity contribution in [2.45, 2.75) is 38.2 Å². The molecule has 3 aromatic rings. The number of rotatable bonds is 5. The van der Waals surface area contributed by atoms with E-state index in [4.69, 9.17) is 4.74 Å². The number of nitrogens with zero attached hydrogens (tertiary/aromatic N) is 1. The van der Waals surface area contributed by atoms with Crippen LogP contribution in [0.2, 0.25) is 0 Å². The van der Waals surface area contributed by atoms with Gasteiger partial charge in [-0.05, 0) is 67.5 Å². The second-order valence-electron chi connectivity index (χ2n) is 7.90. The van der Waals surface area contributed by atoms with Crippen molar-refractivity contribution in [3.05, 3.63) is 64.5 Å². The Bertz CT molecular complexity index is 1130. The molecule has 1 aliphatic heterocycles. The van der Waals surface area contributed by atoms with Gasteiger partial charge in [-0.25, -0.2) is 4.98 Å². The van der Waals surface area contributed by atoms with E-state index in [0.717, 1.165) is 36.9 Å². The molecular weight excluding hydrogens is 410 g/mol. The van der Waals surface area contributed by atoms with Crippen LogP contribution < -0.4 is 10.6 Å². The van der Waals surface area contributed by atoms with E-state index in [1.165, 1.54) is 28.9 Å². The number of hydrogen-bond acceptors (Lipinski definition) is 5. The quantitative estimate of drug-likeness (QED) is 0.613. The van der Waals surface area contributed by atoms with Gasteiger partial charge in [0.15, 0.2) is 5.13 Å². The minimum atomic E-state index is -0.412. The van der Waals surface area contributed by atoms with E-state index in [1.807, 2.05) is 5.38 Å². The van der Waals surface area contributed by atoms with E-state index >= 15 is 0 Å². The average Bonchev–Trinajstić information content (AvgIpc) is 3.54. The second kappa shape index (κ2) is 8.61. The normalized spacial score (nSPS) is 17.4. The number of ether oxygens (including phenoxy) is 1. The van der Waals surface area contributed by atoms with Crippen LogP contribution in [0.15, 0.2) is 47.8 Å². The van der Waals surface area contributed by atoms with Crippen molar-refractivity contribution in [1.29, 1.82) is 0 Å². The molecule has 0 bridgehead atoms. The minimum absolute atomic E-state index is 0.172. The predicted molar refractivity (Wildman–Crippen MR) is 122 cm³/mol. The summed E-state index contributed by atoms with van der Waals surface area (Å²) < 4.78 is 5.41. The fraction of sp³-hybridized carbons (Fsp3) is 0.292. The summed E-state index contributed by atoms with van der Waals surface area (Å²) in [7, 11) is 0. The number of anilines is 2. The van der Waals surface area contributed by atoms with Gasteiger partial charge in [0.25, 0.3) is 11.8 Å². The second-order valence-corrected chi connectivity index (χ2v) is 8.76. The highest BCUT2D eigenvalue weighted by molar-refractivity contribution is 7.14. The molecule has 1 aliphatic carbocycles. The van der Waals surface area contributed by atoms with E-state index in [9.17, 15) is 9.59 Å². The van der Waals surface area contributed by atoms with Gasteiger partial charge in [0.2, 0.25) is 0 Å².